The van der Waals surface area contributed by atoms with E-state index in [9.17, 15) is 9.59 Å². The van der Waals surface area contributed by atoms with Gasteiger partial charge in [0.2, 0.25) is 0 Å². The van der Waals surface area contributed by atoms with E-state index in [1.807, 2.05) is 45.0 Å². The zero-order valence-corrected chi connectivity index (χ0v) is 16.5. The van der Waals surface area contributed by atoms with Crippen LogP contribution in [0.3, 0.4) is 0 Å². The molecule has 7 heteroatoms. The van der Waals surface area contributed by atoms with E-state index < -0.39 is 5.60 Å². The van der Waals surface area contributed by atoms with Crippen LogP contribution in [0.15, 0.2) is 48.7 Å². The molecule has 1 fully saturated rings. The highest BCUT2D eigenvalue weighted by molar-refractivity contribution is 6.03. The van der Waals surface area contributed by atoms with Crippen LogP contribution in [-0.2, 0) is 4.74 Å². The number of pyridine rings is 1. The van der Waals surface area contributed by atoms with Crippen molar-refractivity contribution >= 4 is 23.5 Å². The molecule has 0 saturated carbocycles. The maximum atomic E-state index is 12.2. The zero-order valence-electron chi connectivity index (χ0n) is 16.5. The quantitative estimate of drug-likeness (QED) is 0.881. The van der Waals surface area contributed by atoms with Crippen molar-refractivity contribution in [1.82, 2.24) is 9.88 Å². The summed E-state index contributed by atoms with van der Waals surface area (Å²) in [6, 6.07) is 12.7. The van der Waals surface area contributed by atoms with Crippen molar-refractivity contribution in [2.45, 2.75) is 26.4 Å². The van der Waals surface area contributed by atoms with Crippen molar-refractivity contribution in [2.24, 2.45) is 0 Å². The predicted molar refractivity (Wildman–Crippen MR) is 109 cm³/mol. The van der Waals surface area contributed by atoms with E-state index in [4.69, 9.17) is 4.74 Å². The SMILES string of the molecule is CC(C)(C)OC(=O)N1CCN(c2ccc(NC(=O)c3ccccc3)nc2)CC1. The van der Waals surface area contributed by atoms with Crippen LogP contribution in [0.2, 0.25) is 0 Å². The van der Waals surface area contributed by atoms with E-state index in [1.165, 1.54) is 0 Å². The lowest BCUT2D eigenvalue weighted by atomic mass is 10.2. The molecule has 0 atom stereocenters. The van der Waals surface area contributed by atoms with Crippen LogP contribution in [0.4, 0.5) is 16.3 Å². The molecule has 1 saturated heterocycles. The third-order valence-electron chi connectivity index (χ3n) is 4.32. The highest BCUT2D eigenvalue weighted by Crippen LogP contribution is 2.19. The van der Waals surface area contributed by atoms with Crippen molar-refractivity contribution < 1.29 is 14.3 Å². The van der Waals surface area contributed by atoms with E-state index in [2.05, 4.69) is 15.2 Å². The molecule has 0 unspecified atom stereocenters. The van der Waals surface area contributed by atoms with Crippen LogP contribution >= 0.6 is 0 Å². The fourth-order valence-corrected chi connectivity index (χ4v) is 2.90. The summed E-state index contributed by atoms with van der Waals surface area (Å²) in [5, 5.41) is 2.79. The molecule has 3 rings (SSSR count). The van der Waals surface area contributed by atoms with E-state index >= 15 is 0 Å². The average molecular weight is 382 g/mol. The first-order valence-electron chi connectivity index (χ1n) is 9.37. The number of hydrogen-bond acceptors (Lipinski definition) is 5. The van der Waals surface area contributed by atoms with Gasteiger partial charge in [-0.05, 0) is 45.0 Å². The van der Waals surface area contributed by atoms with Gasteiger partial charge >= 0.3 is 6.09 Å². The molecule has 1 aliphatic rings. The van der Waals surface area contributed by atoms with E-state index in [-0.39, 0.29) is 12.0 Å². The first kappa shape index (κ1) is 19.7. The van der Waals surface area contributed by atoms with Gasteiger partial charge < -0.3 is 19.9 Å². The van der Waals surface area contributed by atoms with Gasteiger partial charge in [-0.3, -0.25) is 4.79 Å². The van der Waals surface area contributed by atoms with Gasteiger partial charge in [0.15, 0.2) is 0 Å². The van der Waals surface area contributed by atoms with Crippen LogP contribution in [0, 0.1) is 0 Å². The number of rotatable bonds is 3. The number of anilines is 2. The molecule has 1 aliphatic heterocycles. The summed E-state index contributed by atoms with van der Waals surface area (Å²) >= 11 is 0. The molecular weight excluding hydrogens is 356 g/mol. The number of nitrogens with zero attached hydrogens (tertiary/aromatic N) is 3. The van der Waals surface area contributed by atoms with Crippen molar-refractivity contribution in [3.63, 3.8) is 0 Å². The number of carbonyl (C=O) groups is 2. The largest absolute Gasteiger partial charge is 0.444 e. The van der Waals surface area contributed by atoms with Crippen LogP contribution in [0.1, 0.15) is 31.1 Å². The van der Waals surface area contributed by atoms with Gasteiger partial charge in [0, 0.05) is 31.7 Å². The van der Waals surface area contributed by atoms with Gasteiger partial charge in [0.05, 0.1) is 11.9 Å². The Morgan fingerprint density at radius 3 is 2.25 bits per heavy atom. The Kier molecular flexibility index (Phi) is 5.82. The number of nitrogens with one attached hydrogen (secondary N) is 1. The number of amides is 2. The summed E-state index contributed by atoms with van der Waals surface area (Å²) in [6.07, 6.45) is 1.47. The highest BCUT2D eigenvalue weighted by atomic mass is 16.6. The molecule has 0 bridgehead atoms. The standard InChI is InChI=1S/C21H26N4O3/c1-21(2,3)28-20(27)25-13-11-24(12-14-25)17-9-10-18(22-15-17)23-19(26)16-7-5-4-6-8-16/h4-10,15H,11-14H2,1-3H3,(H,22,23,26). The Labute approximate surface area is 165 Å². The third-order valence-corrected chi connectivity index (χ3v) is 4.32. The lowest BCUT2D eigenvalue weighted by Crippen LogP contribution is -2.50. The topological polar surface area (TPSA) is 74.8 Å². The van der Waals surface area contributed by atoms with Crippen molar-refractivity contribution in [1.29, 1.82) is 0 Å². The summed E-state index contributed by atoms with van der Waals surface area (Å²) in [4.78, 5) is 32.6. The van der Waals surface area contributed by atoms with Gasteiger partial charge in [0.1, 0.15) is 11.4 Å². The molecular formula is C21H26N4O3. The monoisotopic (exact) mass is 382 g/mol. The minimum Gasteiger partial charge on any atom is -0.444 e. The molecule has 0 spiro atoms. The van der Waals surface area contributed by atoms with Gasteiger partial charge in [-0.25, -0.2) is 9.78 Å². The predicted octanol–water partition coefficient (Wildman–Crippen LogP) is 3.39. The number of piperazine rings is 1. The lowest BCUT2D eigenvalue weighted by Gasteiger charge is -2.36. The van der Waals surface area contributed by atoms with Gasteiger partial charge in [-0.1, -0.05) is 18.2 Å². The Hall–Kier alpha value is -3.09. The average Bonchev–Trinajstić information content (AvgIpc) is 2.68. The zero-order chi connectivity index (χ0) is 20.1. The number of hydrogen-bond donors (Lipinski definition) is 1. The molecule has 2 aromatic rings. The second-order valence-corrected chi connectivity index (χ2v) is 7.68. The molecule has 0 radical (unpaired) electrons. The molecule has 28 heavy (non-hydrogen) atoms. The Bertz CT molecular complexity index is 808. The molecule has 1 N–H and O–H groups in total. The summed E-state index contributed by atoms with van der Waals surface area (Å²) in [6.45, 7) is 8.21. The summed E-state index contributed by atoms with van der Waals surface area (Å²) < 4.78 is 5.42. The minimum absolute atomic E-state index is 0.188. The number of aromatic nitrogens is 1. The smallest absolute Gasteiger partial charge is 0.410 e. The molecule has 2 heterocycles. The number of benzene rings is 1. The maximum absolute atomic E-state index is 12.2. The first-order chi connectivity index (χ1) is 13.3. The normalized spacial score (nSPS) is 14.5. The van der Waals surface area contributed by atoms with E-state index in [1.54, 1.807) is 29.3 Å². The maximum Gasteiger partial charge on any atom is 0.410 e. The molecule has 1 aromatic heterocycles. The third kappa shape index (κ3) is 5.22. The van der Waals surface area contributed by atoms with E-state index in [0.29, 0.717) is 37.6 Å². The van der Waals surface area contributed by atoms with Crippen LogP contribution in [0.5, 0.6) is 0 Å². The number of ether oxygens (including phenoxy) is 1. The Morgan fingerprint density at radius 1 is 1.00 bits per heavy atom. The van der Waals surface area contributed by atoms with Gasteiger partial charge in [0.25, 0.3) is 5.91 Å². The molecule has 7 nitrogen and oxygen atoms in total. The van der Waals surface area contributed by atoms with Gasteiger partial charge in [-0.2, -0.15) is 0 Å². The Morgan fingerprint density at radius 2 is 1.68 bits per heavy atom. The minimum atomic E-state index is -0.488. The molecule has 148 valence electrons. The van der Waals surface area contributed by atoms with E-state index in [0.717, 1.165) is 5.69 Å². The fourth-order valence-electron chi connectivity index (χ4n) is 2.90. The van der Waals surface area contributed by atoms with Crippen LogP contribution in [0.25, 0.3) is 0 Å². The van der Waals surface area contributed by atoms with Crippen LogP contribution < -0.4 is 10.2 Å². The summed E-state index contributed by atoms with van der Waals surface area (Å²) in [7, 11) is 0. The van der Waals surface area contributed by atoms with Gasteiger partial charge in [-0.15, -0.1) is 0 Å². The first-order valence-corrected chi connectivity index (χ1v) is 9.37. The molecule has 1 aromatic carbocycles. The van der Waals surface area contributed by atoms with Crippen molar-refractivity contribution in [3.05, 3.63) is 54.2 Å². The highest BCUT2D eigenvalue weighted by Gasteiger charge is 2.26. The number of carbonyl (C=O) groups excluding carboxylic acids is 2. The summed E-state index contributed by atoms with van der Waals surface area (Å²) in [5.74, 6) is 0.316. The summed E-state index contributed by atoms with van der Waals surface area (Å²) in [5.41, 5.74) is 1.06. The van der Waals surface area contributed by atoms with Crippen LogP contribution in [-0.4, -0.2) is 53.7 Å². The Balaban J connectivity index is 1.53. The lowest BCUT2D eigenvalue weighted by molar-refractivity contribution is 0.0240. The molecule has 2 amide bonds. The fraction of sp³-hybridized carbons (Fsp3) is 0.381. The second-order valence-electron chi connectivity index (χ2n) is 7.68. The molecule has 0 aliphatic carbocycles. The second kappa shape index (κ2) is 8.29. The van der Waals surface area contributed by atoms with Crippen molar-refractivity contribution in [3.8, 4) is 0 Å². The van der Waals surface area contributed by atoms with Crippen molar-refractivity contribution in [2.75, 3.05) is 36.4 Å².